The molecule has 6 heteroatoms. The van der Waals surface area contributed by atoms with E-state index in [0.717, 1.165) is 23.3 Å². The molecule has 21 heavy (non-hydrogen) atoms. The molecule has 0 aliphatic carbocycles. The van der Waals surface area contributed by atoms with E-state index in [4.69, 9.17) is 5.11 Å². The average Bonchev–Trinajstić information content (AvgIpc) is 2.77. The number of hydrogen-bond acceptors (Lipinski definition) is 1. The third-order valence-electron chi connectivity index (χ3n) is 3.43. The van der Waals surface area contributed by atoms with Crippen LogP contribution in [0.1, 0.15) is 32.7 Å². The van der Waals surface area contributed by atoms with Crippen molar-refractivity contribution in [3.8, 4) is 0 Å². The van der Waals surface area contributed by atoms with Crippen LogP contribution in [0.3, 0.4) is 0 Å². The van der Waals surface area contributed by atoms with Crippen LogP contribution < -0.4 is 0 Å². The van der Waals surface area contributed by atoms with Crippen molar-refractivity contribution in [2.45, 2.75) is 25.9 Å². The molecule has 0 amide bonds. The number of aryl methyl sites for hydroxylation is 2. The summed E-state index contributed by atoms with van der Waals surface area (Å²) in [4.78, 5) is 13.6. The van der Waals surface area contributed by atoms with Crippen LogP contribution >= 0.6 is 0 Å². The first-order valence-corrected chi connectivity index (χ1v) is 6.35. The third-order valence-corrected chi connectivity index (χ3v) is 3.43. The molecule has 0 fully saturated rings. The van der Waals surface area contributed by atoms with E-state index in [9.17, 15) is 18.0 Å². The molecule has 112 valence electrons. The zero-order valence-electron chi connectivity index (χ0n) is 11.3. The van der Waals surface area contributed by atoms with Crippen molar-refractivity contribution in [2.24, 2.45) is 0 Å². The molecular formula is C15H14F3NO2. The van der Waals surface area contributed by atoms with Crippen molar-refractivity contribution in [3.63, 3.8) is 0 Å². The van der Waals surface area contributed by atoms with Crippen molar-refractivity contribution >= 4 is 5.97 Å². The van der Waals surface area contributed by atoms with Crippen LogP contribution in [0, 0.1) is 6.92 Å². The number of aromatic carboxylic acids is 1. The second kappa shape index (κ2) is 5.63. The zero-order chi connectivity index (χ0) is 15.6. The lowest BCUT2D eigenvalue weighted by Crippen LogP contribution is -2.04. The Kier molecular flexibility index (Phi) is 4.06. The van der Waals surface area contributed by atoms with Crippen LogP contribution in [0.15, 0.2) is 30.5 Å². The summed E-state index contributed by atoms with van der Waals surface area (Å²) in [6.45, 7) is 1.71. The Morgan fingerprint density at radius 1 is 1.19 bits per heavy atom. The predicted octanol–water partition coefficient (Wildman–Crippen LogP) is 3.83. The summed E-state index contributed by atoms with van der Waals surface area (Å²) in [5.41, 5.74) is 1.77. The fourth-order valence-electron chi connectivity index (χ4n) is 2.16. The van der Waals surface area contributed by atoms with Gasteiger partial charge in [0.25, 0.3) is 0 Å². The summed E-state index contributed by atoms with van der Waals surface area (Å²) in [6.07, 6.45) is -1.58. The number of alkyl halides is 3. The monoisotopic (exact) mass is 297 g/mol. The zero-order valence-corrected chi connectivity index (χ0v) is 11.3. The van der Waals surface area contributed by atoms with Crippen molar-refractivity contribution in [1.82, 2.24) is 4.98 Å². The van der Waals surface area contributed by atoms with Crippen LogP contribution in [0.5, 0.6) is 0 Å². The summed E-state index contributed by atoms with van der Waals surface area (Å²) in [7, 11) is 0. The van der Waals surface area contributed by atoms with E-state index in [0.29, 0.717) is 18.4 Å². The van der Waals surface area contributed by atoms with Gasteiger partial charge in [0.2, 0.25) is 0 Å². The van der Waals surface area contributed by atoms with Gasteiger partial charge < -0.3 is 10.1 Å². The Bertz CT molecular complexity index is 642. The lowest BCUT2D eigenvalue weighted by molar-refractivity contribution is -0.137. The fourth-order valence-corrected chi connectivity index (χ4v) is 2.16. The molecule has 0 unspecified atom stereocenters. The molecule has 1 aromatic carbocycles. The second-order valence-electron chi connectivity index (χ2n) is 4.81. The van der Waals surface area contributed by atoms with E-state index in [1.165, 1.54) is 12.1 Å². The van der Waals surface area contributed by atoms with Gasteiger partial charge in [0.15, 0.2) is 0 Å². The van der Waals surface area contributed by atoms with Crippen LogP contribution in [0.2, 0.25) is 0 Å². The largest absolute Gasteiger partial charge is 0.477 e. The lowest BCUT2D eigenvalue weighted by Gasteiger charge is -2.07. The Labute approximate surface area is 119 Å². The topological polar surface area (TPSA) is 53.1 Å². The number of aromatic nitrogens is 1. The molecule has 0 aliphatic heterocycles. The van der Waals surface area contributed by atoms with Crippen LogP contribution in [0.25, 0.3) is 0 Å². The number of carboxylic acids is 1. The molecule has 0 saturated carbocycles. The van der Waals surface area contributed by atoms with Crippen LogP contribution in [-0.4, -0.2) is 16.1 Å². The molecule has 1 aromatic heterocycles. The molecular weight excluding hydrogens is 283 g/mol. The number of hydrogen-bond donors (Lipinski definition) is 2. The van der Waals surface area contributed by atoms with E-state index in [1.54, 1.807) is 13.1 Å². The minimum absolute atomic E-state index is 0.150. The van der Waals surface area contributed by atoms with Crippen molar-refractivity contribution in [3.05, 3.63) is 58.4 Å². The number of halogens is 3. The molecule has 0 aliphatic rings. The highest BCUT2D eigenvalue weighted by atomic mass is 19.4. The van der Waals surface area contributed by atoms with Gasteiger partial charge in [0, 0.05) is 6.20 Å². The number of H-pyrrole nitrogens is 1. The van der Waals surface area contributed by atoms with E-state index in [2.05, 4.69) is 4.98 Å². The standard InChI is InChI=1S/C15H14F3NO2/c1-9-11(8-19-13(9)14(20)21)5-2-10-3-6-12(7-4-10)15(16,17)18/h3-4,6-8,19H,2,5H2,1H3,(H,20,21). The van der Waals surface area contributed by atoms with E-state index < -0.39 is 17.7 Å². The fraction of sp³-hybridized carbons (Fsp3) is 0.267. The normalized spacial score (nSPS) is 11.6. The first-order chi connectivity index (χ1) is 9.79. The second-order valence-corrected chi connectivity index (χ2v) is 4.81. The number of carboxylic acid groups (broad SMARTS) is 1. The Hall–Kier alpha value is -2.24. The van der Waals surface area contributed by atoms with Crippen molar-refractivity contribution < 1.29 is 23.1 Å². The van der Waals surface area contributed by atoms with Gasteiger partial charge in [-0.25, -0.2) is 4.79 Å². The molecule has 2 rings (SSSR count). The van der Waals surface area contributed by atoms with Gasteiger partial charge in [-0.15, -0.1) is 0 Å². The Balaban J connectivity index is 2.05. The Morgan fingerprint density at radius 3 is 2.29 bits per heavy atom. The number of benzene rings is 1. The van der Waals surface area contributed by atoms with Gasteiger partial charge in [-0.2, -0.15) is 13.2 Å². The molecule has 1 heterocycles. The minimum atomic E-state index is -4.33. The van der Waals surface area contributed by atoms with Gasteiger partial charge in [0.1, 0.15) is 5.69 Å². The summed E-state index contributed by atoms with van der Waals surface area (Å²) >= 11 is 0. The van der Waals surface area contributed by atoms with Gasteiger partial charge in [-0.05, 0) is 48.6 Å². The van der Waals surface area contributed by atoms with Crippen LogP contribution in [-0.2, 0) is 19.0 Å². The van der Waals surface area contributed by atoms with E-state index >= 15 is 0 Å². The maximum atomic E-state index is 12.4. The molecule has 0 saturated heterocycles. The van der Waals surface area contributed by atoms with Gasteiger partial charge in [-0.1, -0.05) is 12.1 Å². The number of rotatable bonds is 4. The third kappa shape index (κ3) is 3.45. The highest BCUT2D eigenvalue weighted by molar-refractivity contribution is 5.87. The predicted molar refractivity (Wildman–Crippen MR) is 71.3 cm³/mol. The first-order valence-electron chi connectivity index (χ1n) is 6.35. The van der Waals surface area contributed by atoms with Gasteiger partial charge >= 0.3 is 12.1 Å². The highest BCUT2D eigenvalue weighted by Crippen LogP contribution is 2.29. The highest BCUT2D eigenvalue weighted by Gasteiger charge is 2.29. The van der Waals surface area contributed by atoms with Gasteiger partial charge in [-0.3, -0.25) is 0 Å². The van der Waals surface area contributed by atoms with Crippen molar-refractivity contribution in [2.75, 3.05) is 0 Å². The molecule has 0 atom stereocenters. The first kappa shape index (κ1) is 15.2. The quantitative estimate of drug-likeness (QED) is 0.901. The van der Waals surface area contributed by atoms with E-state index in [-0.39, 0.29) is 5.69 Å². The molecule has 3 nitrogen and oxygen atoms in total. The summed E-state index contributed by atoms with van der Waals surface area (Å²) in [5, 5.41) is 8.93. The van der Waals surface area contributed by atoms with Gasteiger partial charge in [0.05, 0.1) is 5.56 Å². The smallest absolute Gasteiger partial charge is 0.416 e. The number of carbonyl (C=O) groups is 1. The SMILES string of the molecule is Cc1c(CCc2ccc(C(F)(F)F)cc2)c[nH]c1C(=O)O. The Morgan fingerprint density at radius 2 is 1.81 bits per heavy atom. The summed E-state index contributed by atoms with van der Waals surface area (Å²) in [6, 6.07) is 5.01. The van der Waals surface area contributed by atoms with Crippen molar-refractivity contribution in [1.29, 1.82) is 0 Å². The van der Waals surface area contributed by atoms with E-state index in [1.807, 2.05) is 0 Å². The number of nitrogens with one attached hydrogen (secondary N) is 1. The lowest BCUT2D eigenvalue weighted by atomic mass is 10.0. The maximum Gasteiger partial charge on any atom is 0.416 e. The summed E-state index contributed by atoms with van der Waals surface area (Å²) < 4.78 is 37.3. The molecule has 0 bridgehead atoms. The molecule has 0 spiro atoms. The molecule has 2 aromatic rings. The average molecular weight is 297 g/mol. The van der Waals surface area contributed by atoms with Crippen LogP contribution in [0.4, 0.5) is 13.2 Å². The minimum Gasteiger partial charge on any atom is -0.477 e. The molecule has 0 radical (unpaired) electrons. The summed E-state index contributed by atoms with van der Waals surface area (Å²) in [5.74, 6) is -1.02. The number of aromatic amines is 1. The maximum absolute atomic E-state index is 12.4. The molecule has 2 N–H and O–H groups in total.